The van der Waals surface area contributed by atoms with Gasteiger partial charge in [0, 0.05) is 12.8 Å². The summed E-state index contributed by atoms with van der Waals surface area (Å²) in [5, 5.41) is 4.81. The monoisotopic (exact) mass is 339 g/mol. The first-order valence-electron chi connectivity index (χ1n) is 7.68. The molecule has 122 valence electrons. The van der Waals surface area contributed by atoms with Crippen molar-refractivity contribution in [2.24, 2.45) is 0 Å². The standard InChI is InChI=1S/C19H17NO3S/c21-15(17-9-5-13-24-17)10-11-18(22)20-19(16-8-4-12-23-16)14-6-2-1-3-7-14/h1-9,12-13,19H,10-11H2,(H,20,22). The van der Waals surface area contributed by atoms with Crippen molar-refractivity contribution >= 4 is 23.0 Å². The Morgan fingerprint density at radius 2 is 1.83 bits per heavy atom. The predicted octanol–water partition coefficient (Wildman–Crippen LogP) is 4.21. The number of furan rings is 1. The smallest absolute Gasteiger partial charge is 0.221 e. The first kappa shape index (κ1) is 16.2. The Hall–Kier alpha value is -2.66. The van der Waals surface area contributed by atoms with E-state index in [-0.39, 0.29) is 30.6 Å². The van der Waals surface area contributed by atoms with Crippen LogP contribution in [0.2, 0.25) is 0 Å². The molecule has 0 saturated heterocycles. The zero-order valence-electron chi connectivity index (χ0n) is 13.0. The minimum atomic E-state index is -0.356. The van der Waals surface area contributed by atoms with Crippen LogP contribution in [-0.2, 0) is 4.79 Å². The van der Waals surface area contributed by atoms with Crippen molar-refractivity contribution in [2.45, 2.75) is 18.9 Å². The van der Waals surface area contributed by atoms with Gasteiger partial charge in [-0.3, -0.25) is 9.59 Å². The van der Waals surface area contributed by atoms with Crippen LogP contribution in [0.5, 0.6) is 0 Å². The van der Waals surface area contributed by atoms with E-state index in [9.17, 15) is 9.59 Å². The van der Waals surface area contributed by atoms with Crippen LogP contribution in [0.3, 0.4) is 0 Å². The van der Waals surface area contributed by atoms with Crippen molar-refractivity contribution in [1.29, 1.82) is 0 Å². The number of carbonyl (C=O) groups excluding carboxylic acids is 2. The fourth-order valence-electron chi connectivity index (χ4n) is 2.44. The molecule has 0 aliphatic rings. The normalized spacial score (nSPS) is 11.8. The fourth-order valence-corrected chi connectivity index (χ4v) is 3.13. The molecular formula is C19H17NO3S. The molecule has 0 aliphatic carbocycles. The van der Waals surface area contributed by atoms with Crippen LogP contribution in [0.4, 0.5) is 0 Å². The molecule has 0 aliphatic heterocycles. The summed E-state index contributed by atoms with van der Waals surface area (Å²) in [6.45, 7) is 0. The molecular weight excluding hydrogens is 322 g/mol. The van der Waals surface area contributed by atoms with Gasteiger partial charge in [-0.2, -0.15) is 0 Å². The third kappa shape index (κ3) is 4.00. The lowest BCUT2D eigenvalue weighted by molar-refractivity contribution is -0.121. The van der Waals surface area contributed by atoms with Crippen LogP contribution < -0.4 is 5.32 Å². The van der Waals surface area contributed by atoms with E-state index in [1.165, 1.54) is 11.3 Å². The van der Waals surface area contributed by atoms with Crippen molar-refractivity contribution in [3.63, 3.8) is 0 Å². The second-order valence-corrected chi connectivity index (χ2v) is 6.27. The van der Waals surface area contributed by atoms with Gasteiger partial charge in [0.1, 0.15) is 11.8 Å². The topological polar surface area (TPSA) is 59.3 Å². The SMILES string of the molecule is O=C(CCC(=O)c1cccs1)NC(c1ccccc1)c1ccco1. The lowest BCUT2D eigenvalue weighted by Gasteiger charge is -2.17. The highest BCUT2D eigenvalue weighted by Crippen LogP contribution is 2.22. The molecule has 1 atom stereocenters. The molecule has 4 nitrogen and oxygen atoms in total. The van der Waals surface area contributed by atoms with Crippen molar-refractivity contribution in [2.75, 3.05) is 0 Å². The van der Waals surface area contributed by atoms with Gasteiger partial charge in [0.25, 0.3) is 0 Å². The largest absolute Gasteiger partial charge is 0.467 e. The minimum Gasteiger partial charge on any atom is -0.467 e. The maximum atomic E-state index is 12.3. The van der Waals surface area contributed by atoms with Gasteiger partial charge in [-0.05, 0) is 29.1 Å². The number of hydrogen-bond acceptors (Lipinski definition) is 4. The van der Waals surface area contributed by atoms with Gasteiger partial charge in [-0.25, -0.2) is 0 Å². The average molecular weight is 339 g/mol. The molecule has 3 rings (SSSR count). The second kappa shape index (κ2) is 7.75. The van der Waals surface area contributed by atoms with Crippen LogP contribution in [0.1, 0.15) is 39.9 Å². The van der Waals surface area contributed by atoms with Crippen molar-refractivity contribution in [3.05, 3.63) is 82.4 Å². The van der Waals surface area contributed by atoms with Gasteiger partial charge >= 0.3 is 0 Å². The third-order valence-electron chi connectivity index (χ3n) is 3.64. The molecule has 1 N–H and O–H groups in total. The summed E-state index contributed by atoms with van der Waals surface area (Å²) < 4.78 is 5.46. The van der Waals surface area contributed by atoms with Crippen molar-refractivity contribution in [1.82, 2.24) is 5.32 Å². The number of Topliss-reactive ketones (excluding diaryl/α,β-unsaturated/α-hetero) is 1. The van der Waals surface area contributed by atoms with Crippen LogP contribution >= 0.6 is 11.3 Å². The molecule has 5 heteroatoms. The Morgan fingerprint density at radius 3 is 2.50 bits per heavy atom. The molecule has 0 bridgehead atoms. The van der Waals surface area contributed by atoms with E-state index < -0.39 is 0 Å². The molecule has 0 radical (unpaired) electrons. The third-order valence-corrected chi connectivity index (χ3v) is 4.55. The molecule has 2 aromatic heterocycles. The molecule has 0 saturated carbocycles. The zero-order chi connectivity index (χ0) is 16.8. The molecule has 1 unspecified atom stereocenters. The Morgan fingerprint density at radius 1 is 1.00 bits per heavy atom. The quantitative estimate of drug-likeness (QED) is 0.656. The summed E-state index contributed by atoms with van der Waals surface area (Å²) in [5.41, 5.74) is 0.936. The first-order chi connectivity index (χ1) is 11.7. The van der Waals surface area contributed by atoms with Crippen LogP contribution in [0, 0.1) is 0 Å². The maximum absolute atomic E-state index is 12.3. The minimum absolute atomic E-state index is 0.00518. The summed E-state index contributed by atoms with van der Waals surface area (Å²) in [5.74, 6) is 0.485. The fraction of sp³-hybridized carbons (Fsp3) is 0.158. The van der Waals surface area contributed by atoms with E-state index in [0.29, 0.717) is 10.6 Å². The van der Waals surface area contributed by atoms with Gasteiger partial charge in [-0.1, -0.05) is 36.4 Å². The van der Waals surface area contributed by atoms with Gasteiger partial charge < -0.3 is 9.73 Å². The van der Waals surface area contributed by atoms with E-state index in [0.717, 1.165) is 5.56 Å². The maximum Gasteiger partial charge on any atom is 0.221 e. The lowest BCUT2D eigenvalue weighted by atomic mass is 10.0. The predicted molar refractivity (Wildman–Crippen MR) is 93.0 cm³/mol. The Kier molecular flexibility index (Phi) is 5.23. The summed E-state index contributed by atoms with van der Waals surface area (Å²) in [6.07, 6.45) is 1.94. The summed E-state index contributed by atoms with van der Waals surface area (Å²) in [7, 11) is 0. The highest BCUT2D eigenvalue weighted by atomic mass is 32.1. The lowest BCUT2D eigenvalue weighted by Crippen LogP contribution is -2.29. The number of amides is 1. The van der Waals surface area contributed by atoms with E-state index in [1.54, 1.807) is 18.4 Å². The van der Waals surface area contributed by atoms with Gasteiger partial charge in [0.2, 0.25) is 5.91 Å². The van der Waals surface area contributed by atoms with Crippen LogP contribution in [0.25, 0.3) is 0 Å². The number of ketones is 1. The molecule has 0 fully saturated rings. The summed E-state index contributed by atoms with van der Waals surface area (Å²) in [6, 6.07) is 16.5. The Bertz CT molecular complexity index is 779. The first-order valence-corrected chi connectivity index (χ1v) is 8.56. The van der Waals surface area contributed by atoms with Gasteiger partial charge in [0.05, 0.1) is 11.1 Å². The highest BCUT2D eigenvalue weighted by Gasteiger charge is 2.19. The number of benzene rings is 1. The Balaban J connectivity index is 1.65. The Labute approximate surface area is 144 Å². The second-order valence-electron chi connectivity index (χ2n) is 5.33. The molecule has 24 heavy (non-hydrogen) atoms. The highest BCUT2D eigenvalue weighted by molar-refractivity contribution is 7.12. The van der Waals surface area contributed by atoms with E-state index >= 15 is 0 Å². The number of rotatable bonds is 7. The number of carbonyl (C=O) groups is 2. The summed E-state index contributed by atoms with van der Waals surface area (Å²) >= 11 is 1.40. The molecule has 3 aromatic rings. The number of thiophene rings is 1. The van der Waals surface area contributed by atoms with E-state index in [2.05, 4.69) is 5.32 Å². The molecule has 2 heterocycles. The van der Waals surface area contributed by atoms with E-state index in [1.807, 2.05) is 47.8 Å². The molecule has 1 aromatic carbocycles. The van der Waals surface area contributed by atoms with Crippen molar-refractivity contribution < 1.29 is 14.0 Å². The number of hydrogen-bond donors (Lipinski definition) is 1. The van der Waals surface area contributed by atoms with Crippen LogP contribution in [-0.4, -0.2) is 11.7 Å². The van der Waals surface area contributed by atoms with Crippen LogP contribution in [0.15, 0.2) is 70.7 Å². The zero-order valence-corrected chi connectivity index (χ0v) is 13.8. The van der Waals surface area contributed by atoms with Crippen molar-refractivity contribution in [3.8, 4) is 0 Å². The van der Waals surface area contributed by atoms with E-state index in [4.69, 9.17) is 4.42 Å². The van der Waals surface area contributed by atoms with Gasteiger partial charge in [-0.15, -0.1) is 11.3 Å². The molecule has 0 spiro atoms. The number of nitrogens with one attached hydrogen (secondary N) is 1. The van der Waals surface area contributed by atoms with Gasteiger partial charge in [0.15, 0.2) is 5.78 Å². The summed E-state index contributed by atoms with van der Waals surface area (Å²) in [4.78, 5) is 25.0. The average Bonchev–Trinajstić information content (AvgIpc) is 3.31. The molecule has 1 amide bonds.